The van der Waals surface area contributed by atoms with Crippen LogP contribution in [0.3, 0.4) is 0 Å². The zero-order valence-electron chi connectivity index (χ0n) is 43.4. The van der Waals surface area contributed by atoms with Gasteiger partial charge in [0.05, 0.1) is 89.1 Å². The number of fused-ring (bicyclic) bond motifs is 2. The van der Waals surface area contributed by atoms with Crippen LogP contribution in [0.15, 0.2) is 82.6 Å². The molecule has 2 aliphatic heterocycles. The Balaban J connectivity index is 0.711. The van der Waals surface area contributed by atoms with E-state index in [9.17, 15) is 36.6 Å². The van der Waals surface area contributed by atoms with Crippen molar-refractivity contribution in [3.8, 4) is 0 Å². The van der Waals surface area contributed by atoms with Crippen LogP contribution in [0.1, 0.15) is 45.2 Å². The topological polar surface area (TPSA) is 253 Å². The summed E-state index contributed by atoms with van der Waals surface area (Å²) in [5.41, 5.74) is 5.79. The van der Waals surface area contributed by atoms with E-state index in [1.54, 1.807) is 42.5 Å². The van der Waals surface area contributed by atoms with Crippen LogP contribution in [0.2, 0.25) is 20.1 Å². The lowest BCUT2D eigenvalue weighted by molar-refractivity contribution is -0.146. The molecule has 4 aromatic carbocycles. The van der Waals surface area contributed by atoms with E-state index in [1.807, 2.05) is 44.4 Å². The molecule has 0 saturated heterocycles. The minimum Gasteiger partial charge on any atom is -0.380 e. The Bertz CT molecular complexity index is 2820. The van der Waals surface area contributed by atoms with Crippen molar-refractivity contribution in [2.24, 2.45) is 0 Å². The van der Waals surface area contributed by atoms with Gasteiger partial charge < -0.3 is 59.1 Å². The van der Waals surface area contributed by atoms with Gasteiger partial charge in [0.2, 0.25) is 20.0 Å². The summed E-state index contributed by atoms with van der Waals surface area (Å²) in [6.07, 6.45) is -4.04. The summed E-state index contributed by atoms with van der Waals surface area (Å²) >= 11 is 25.6. The lowest BCUT2D eigenvalue weighted by Gasteiger charge is -2.33. The molecule has 4 atom stereocenters. The van der Waals surface area contributed by atoms with Crippen molar-refractivity contribution in [1.29, 1.82) is 0 Å². The van der Waals surface area contributed by atoms with Crippen molar-refractivity contribution in [3.63, 3.8) is 0 Å². The second kappa shape index (κ2) is 31.6. The highest BCUT2D eigenvalue weighted by molar-refractivity contribution is 7.89. The molecule has 430 valence electrons. The number of likely N-dealkylation sites (N-methyl/N-ethyl adjacent to an activating group) is 2. The fraction of sp³-hybridized carbons (Fsp3) is 0.500. The number of amides is 2. The molecule has 2 heterocycles. The van der Waals surface area contributed by atoms with E-state index >= 15 is 0 Å². The quantitative estimate of drug-likeness (QED) is 0.0372. The number of sulfonamides is 2. The summed E-state index contributed by atoms with van der Waals surface area (Å²) in [7, 11) is -3.59. The Kier molecular flexibility index (Phi) is 25.7. The molecule has 6 rings (SSSR count). The number of aliphatic hydroxyl groups is 2. The second-order valence-corrected chi connectivity index (χ2v) is 23.7. The van der Waals surface area contributed by atoms with Gasteiger partial charge in [0.25, 0.3) is 11.8 Å². The van der Waals surface area contributed by atoms with Gasteiger partial charge in [0.1, 0.15) is 0 Å². The Hall–Kier alpha value is -3.60. The smallest absolute Gasteiger partial charge is 0.252 e. The molecule has 20 nitrogen and oxygen atoms in total. The van der Waals surface area contributed by atoms with Crippen molar-refractivity contribution in [3.05, 3.63) is 126 Å². The maximum Gasteiger partial charge on any atom is 0.252 e. The number of ether oxygens (including phenoxy) is 6. The van der Waals surface area contributed by atoms with Crippen molar-refractivity contribution in [1.82, 2.24) is 29.9 Å². The van der Waals surface area contributed by atoms with Gasteiger partial charge in [-0.05, 0) is 96.0 Å². The molecule has 2 amide bonds. The molecule has 0 aliphatic carbocycles. The van der Waals surface area contributed by atoms with Crippen LogP contribution in [-0.4, -0.2) is 194 Å². The zero-order chi connectivity index (χ0) is 56.2. The number of aliphatic hydroxyl groups excluding tert-OH is 2. The third kappa shape index (κ3) is 19.3. The van der Waals surface area contributed by atoms with Crippen LogP contribution in [0.4, 0.5) is 0 Å². The molecule has 0 saturated carbocycles. The first-order chi connectivity index (χ1) is 37.3. The summed E-state index contributed by atoms with van der Waals surface area (Å²) in [4.78, 5) is 29.1. The fourth-order valence-electron chi connectivity index (χ4n) is 8.77. The highest BCUT2D eigenvalue weighted by Gasteiger charge is 2.31. The van der Waals surface area contributed by atoms with Crippen molar-refractivity contribution >= 4 is 78.3 Å². The molecule has 78 heavy (non-hydrogen) atoms. The van der Waals surface area contributed by atoms with E-state index in [0.29, 0.717) is 39.7 Å². The van der Waals surface area contributed by atoms with Gasteiger partial charge in [-0.25, -0.2) is 26.3 Å². The summed E-state index contributed by atoms with van der Waals surface area (Å²) in [5, 5.41) is 27.4. The van der Waals surface area contributed by atoms with E-state index in [0.717, 1.165) is 39.9 Å². The van der Waals surface area contributed by atoms with Gasteiger partial charge in [0.15, 0.2) is 12.2 Å². The first-order valence-electron chi connectivity index (χ1n) is 25.2. The monoisotopic (exact) mass is 1200 g/mol. The Morgan fingerprint density at radius 1 is 0.526 bits per heavy atom. The number of nitrogens with one attached hydrogen (secondary N) is 4. The SMILES string of the molecule is CN1Cc2c(Cl)cc(Cl)cc2C(c2ccc(S(=O)(=O)NCCOCCOCCOCCNC(=O)[C@@H](O)[C@H](O)C(=O)NCCOCCOCCOCCNS(=O)(=O)c3cccc(C4CN(C)Cc5c(Cl)cc(Cl)cc54)c3)cc2)C1. The lowest BCUT2D eigenvalue weighted by atomic mass is 9.85. The fourth-order valence-corrected chi connectivity index (χ4v) is 12.0. The minimum absolute atomic E-state index is 0.00653. The van der Waals surface area contributed by atoms with Gasteiger partial charge >= 0.3 is 0 Å². The number of carbonyl (C=O) groups is 2. The van der Waals surface area contributed by atoms with Crippen LogP contribution >= 0.6 is 46.4 Å². The predicted octanol–water partition coefficient (Wildman–Crippen LogP) is 3.77. The number of halogens is 4. The van der Waals surface area contributed by atoms with Crippen LogP contribution in [-0.2, 0) is 71.1 Å². The van der Waals surface area contributed by atoms with Crippen LogP contribution in [0, 0.1) is 0 Å². The Labute approximate surface area is 476 Å². The van der Waals surface area contributed by atoms with Gasteiger partial charge in [-0.3, -0.25) is 9.59 Å². The molecular formula is C52H68Cl4N6O14S2. The van der Waals surface area contributed by atoms with Gasteiger partial charge in [-0.2, -0.15) is 0 Å². The summed E-state index contributed by atoms with van der Waals surface area (Å²) in [6.45, 7) is 4.93. The maximum absolute atomic E-state index is 13.1. The molecule has 2 unspecified atom stereocenters. The standard InChI is InChI=1S/C52H68Cl4N6O14S2/c1-61-31-43(41-27-37(53)29-47(55)45(41)33-61)35-6-8-39(9-7-35)77(67,68)59-12-16-73-20-24-75-22-18-71-14-10-57-51(65)49(63)50(64)52(66)58-11-15-72-19-23-76-25-21-74-17-13-60-78(69,70)40-5-3-4-36(26-40)44-32-62(2)34-46-42(44)28-38(54)30-48(46)56/h3-9,26-30,43-44,49-50,59-60,63-64H,10-25,31-34H2,1-2H3,(H,57,65)(H,58,66)/t43?,44?,49-,50-/m0/s1. The van der Waals surface area contributed by atoms with E-state index in [4.69, 9.17) is 74.8 Å². The van der Waals surface area contributed by atoms with Gasteiger partial charge in [-0.15, -0.1) is 0 Å². The molecule has 0 radical (unpaired) electrons. The van der Waals surface area contributed by atoms with Crippen LogP contribution < -0.4 is 20.1 Å². The number of hydrogen-bond donors (Lipinski definition) is 6. The molecule has 2 aliphatic rings. The highest BCUT2D eigenvalue weighted by Crippen LogP contribution is 2.40. The first-order valence-corrected chi connectivity index (χ1v) is 29.7. The number of hydrogen-bond acceptors (Lipinski definition) is 16. The molecule has 6 N–H and O–H groups in total. The summed E-state index contributed by atoms with van der Waals surface area (Å²) < 4.78 is 89.9. The highest BCUT2D eigenvalue weighted by atomic mass is 35.5. The van der Waals surface area contributed by atoms with Gasteiger partial charge in [-0.1, -0.05) is 70.7 Å². The number of rotatable bonds is 33. The van der Waals surface area contributed by atoms with Crippen LogP contribution in [0.5, 0.6) is 0 Å². The van der Waals surface area contributed by atoms with E-state index < -0.39 is 44.1 Å². The zero-order valence-corrected chi connectivity index (χ0v) is 48.1. The third-order valence-electron chi connectivity index (χ3n) is 12.6. The van der Waals surface area contributed by atoms with Crippen molar-refractivity contribution in [2.45, 2.75) is 46.9 Å². The molecule has 0 spiro atoms. The van der Waals surface area contributed by atoms with Crippen molar-refractivity contribution in [2.75, 3.05) is 133 Å². The number of carbonyl (C=O) groups excluding carboxylic acids is 2. The molecule has 0 fully saturated rings. The molecule has 0 bridgehead atoms. The van der Waals surface area contributed by atoms with Crippen molar-refractivity contribution < 1.29 is 65.1 Å². The van der Waals surface area contributed by atoms with Gasteiger partial charge in [0, 0.05) is 84.3 Å². The average Bonchev–Trinajstić information content (AvgIpc) is 3.46. The molecule has 26 heteroatoms. The van der Waals surface area contributed by atoms with E-state index in [2.05, 4.69) is 29.9 Å². The third-order valence-corrected chi connectivity index (χ3v) is 16.7. The maximum atomic E-state index is 13.1. The van der Waals surface area contributed by atoms with E-state index in [-0.39, 0.29) is 127 Å². The minimum atomic E-state index is -3.82. The van der Waals surface area contributed by atoms with Crippen LogP contribution in [0.25, 0.3) is 0 Å². The Morgan fingerprint density at radius 2 is 0.910 bits per heavy atom. The number of benzene rings is 4. The normalized spacial score (nSPS) is 16.8. The predicted molar refractivity (Wildman–Crippen MR) is 295 cm³/mol. The summed E-state index contributed by atoms with van der Waals surface area (Å²) in [6, 6.07) is 20.9. The second-order valence-electron chi connectivity index (χ2n) is 18.5. The average molecular weight is 1210 g/mol. The molecule has 4 aromatic rings. The lowest BCUT2D eigenvalue weighted by Crippen LogP contribution is -2.50. The molecular weight excluding hydrogens is 1140 g/mol. The molecule has 0 aromatic heterocycles. The number of nitrogens with zero attached hydrogens (tertiary/aromatic N) is 2. The summed E-state index contributed by atoms with van der Waals surface area (Å²) in [5.74, 6) is -2.06. The first kappa shape index (κ1) is 63.6. The largest absolute Gasteiger partial charge is 0.380 e. The van der Waals surface area contributed by atoms with E-state index in [1.165, 1.54) is 0 Å². The Morgan fingerprint density at radius 3 is 1.35 bits per heavy atom.